The number of carbonyl (C=O) groups is 1. The molecule has 4 nitrogen and oxygen atoms in total. The van der Waals surface area contributed by atoms with Gasteiger partial charge in [-0.3, -0.25) is 9.69 Å². The Morgan fingerprint density at radius 3 is 2.81 bits per heavy atom. The molecule has 0 saturated carbocycles. The average Bonchev–Trinajstić information content (AvgIpc) is 3.38. The number of fused-ring (bicyclic) bond motifs is 1. The first-order valence-corrected chi connectivity index (χ1v) is 10.1. The molecule has 2 aromatic heterocycles. The predicted molar refractivity (Wildman–Crippen MR) is 106 cm³/mol. The number of benzene rings is 1. The molecule has 3 heterocycles. The third-order valence-electron chi connectivity index (χ3n) is 5.03. The molecule has 0 spiro atoms. The SMILES string of the molecule is Cc1c(C(=O)NCC(c2cccs2)N2CCCC2)oc2c(Cl)cccc12. The molecule has 1 aromatic carbocycles. The van der Waals surface area contributed by atoms with Crippen LogP contribution in [0, 0.1) is 6.92 Å². The van der Waals surface area contributed by atoms with Crippen LogP contribution in [0.4, 0.5) is 0 Å². The van der Waals surface area contributed by atoms with Gasteiger partial charge in [0.1, 0.15) is 0 Å². The fraction of sp³-hybridized carbons (Fsp3) is 0.350. The van der Waals surface area contributed by atoms with Gasteiger partial charge in [-0.05, 0) is 50.4 Å². The summed E-state index contributed by atoms with van der Waals surface area (Å²) in [7, 11) is 0. The zero-order valence-corrected chi connectivity index (χ0v) is 16.2. The van der Waals surface area contributed by atoms with Crippen molar-refractivity contribution < 1.29 is 9.21 Å². The van der Waals surface area contributed by atoms with E-state index < -0.39 is 0 Å². The van der Waals surface area contributed by atoms with Gasteiger partial charge in [0.15, 0.2) is 11.3 Å². The number of rotatable bonds is 5. The molecule has 1 atom stereocenters. The predicted octanol–water partition coefficient (Wildman–Crippen LogP) is 5.02. The number of thiophene rings is 1. The maximum absolute atomic E-state index is 12.8. The Labute approximate surface area is 161 Å². The van der Waals surface area contributed by atoms with Gasteiger partial charge in [0.05, 0.1) is 11.1 Å². The lowest BCUT2D eigenvalue weighted by Crippen LogP contribution is -2.36. The van der Waals surface area contributed by atoms with Crippen molar-refractivity contribution in [1.82, 2.24) is 10.2 Å². The minimum Gasteiger partial charge on any atom is -0.449 e. The minimum atomic E-state index is -0.185. The number of nitrogens with zero attached hydrogens (tertiary/aromatic N) is 1. The van der Waals surface area contributed by atoms with E-state index in [-0.39, 0.29) is 11.9 Å². The van der Waals surface area contributed by atoms with Crippen LogP contribution in [0.2, 0.25) is 5.02 Å². The van der Waals surface area contributed by atoms with Crippen LogP contribution < -0.4 is 5.32 Å². The smallest absolute Gasteiger partial charge is 0.287 e. The Balaban J connectivity index is 1.54. The number of para-hydroxylation sites is 1. The lowest BCUT2D eigenvalue weighted by Gasteiger charge is -2.26. The third-order valence-corrected chi connectivity index (χ3v) is 6.30. The Morgan fingerprint density at radius 1 is 1.31 bits per heavy atom. The van der Waals surface area contributed by atoms with E-state index in [4.69, 9.17) is 16.0 Å². The molecule has 1 aliphatic heterocycles. The van der Waals surface area contributed by atoms with Crippen molar-refractivity contribution in [3.63, 3.8) is 0 Å². The Hall–Kier alpha value is -1.82. The summed E-state index contributed by atoms with van der Waals surface area (Å²) < 4.78 is 5.78. The minimum absolute atomic E-state index is 0.185. The molecule has 1 aliphatic rings. The first-order chi connectivity index (χ1) is 12.6. The van der Waals surface area contributed by atoms with E-state index in [0.29, 0.717) is 22.9 Å². The van der Waals surface area contributed by atoms with E-state index in [1.165, 1.54) is 17.7 Å². The zero-order valence-electron chi connectivity index (χ0n) is 14.6. The van der Waals surface area contributed by atoms with Crippen molar-refractivity contribution in [3.8, 4) is 0 Å². The molecule has 1 saturated heterocycles. The fourth-order valence-corrected chi connectivity index (χ4v) is 4.71. The highest BCUT2D eigenvalue weighted by molar-refractivity contribution is 7.10. The van der Waals surface area contributed by atoms with Gasteiger partial charge in [-0.1, -0.05) is 29.8 Å². The monoisotopic (exact) mass is 388 g/mol. The van der Waals surface area contributed by atoms with Gasteiger partial charge in [0, 0.05) is 22.4 Å². The van der Waals surface area contributed by atoms with Gasteiger partial charge >= 0.3 is 0 Å². The number of furan rings is 1. The van der Waals surface area contributed by atoms with E-state index in [0.717, 1.165) is 24.0 Å². The number of halogens is 1. The van der Waals surface area contributed by atoms with Gasteiger partial charge in [0.25, 0.3) is 5.91 Å². The molecular formula is C20H21ClN2O2S. The van der Waals surface area contributed by atoms with Gasteiger partial charge in [-0.25, -0.2) is 0 Å². The van der Waals surface area contributed by atoms with Crippen LogP contribution >= 0.6 is 22.9 Å². The molecule has 26 heavy (non-hydrogen) atoms. The van der Waals surface area contributed by atoms with Gasteiger partial charge < -0.3 is 9.73 Å². The number of carbonyl (C=O) groups excluding carboxylic acids is 1. The van der Waals surface area contributed by atoms with Crippen molar-refractivity contribution in [2.45, 2.75) is 25.8 Å². The van der Waals surface area contributed by atoms with Crippen molar-refractivity contribution in [3.05, 3.63) is 56.9 Å². The van der Waals surface area contributed by atoms with Crippen molar-refractivity contribution in [2.24, 2.45) is 0 Å². The molecule has 0 bridgehead atoms. The summed E-state index contributed by atoms with van der Waals surface area (Å²) in [6, 6.07) is 10.00. The van der Waals surface area contributed by atoms with Gasteiger partial charge in [0.2, 0.25) is 0 Å². The van der Waals surface area contributed by atoms with Crippen molar-refractivity contribution in [2.75, 3.05) is 19.6 Å². The Bertz CT molecular complexity index is 913. The van der Waals surface area contributed by atoms with Crippen LogP contribution in [-0.4, -0.2) is 30.4 Å². The molecule has 1 fully saturated rings. The highest BCUT2D eigenvalue weighted by Gasteiger charge is 2.26. The Kier molecular flexibility index (Phi) is 5.02. The summed E-state index contributed by atoms with van der Waals surface area (Å²) in [5.41, 5.74) is 1.40. The Morgan fingerprint density at radius 2 is 2.12 bits per heavy atom. The number of likely N-dealkylation sites (tertiary alicyclic amines) is 1. The van der Waals surface area contributed by atoms with Crippen molar-refractivity contribution >= 4 is 39.8 Å². The standard InChI is InChI=1S/C20H21ClN2O2S/c1-13-14-6-4-7-15(21)19(14)25-18(13)20(24)22-12-16(17-8-5-11-26-17)23-9-2-3-10-23/h4-8,11,16H,2-3,9-10,12H2,1H3,(H,22,24). The second-order valence-electron chi connectivity index (χ2n) is 6.66. The summed E-state index contributed by atoms with van der Waals surface area (Å²) >= 11 is 7.94. The van der Waals surface area contributed by atoms with E-state index >= 15 is 0 Å². The van der Waals surface area contributed by atoms with Crippen LogP contribution in [0.25, 0.3) is 11.0 Å². The summed E-state index contributed by atoms with van der Waals surface area (Å²) in [5.74, 6) is 0.162. The summed E-state index contributed by atoms with van der Waals surface area (Å²) in [4.78, 5) is 16.5. The molecule has 136 valence electrons. The van der Waals surface area contributed by atoms with Crippen LogP contribution in [-0.2, 0) is 0 Å². The van der Waals surface area contributed by atoms with Crippen LogP contribution in [0.5, 0.6) is 0 Å². The first-order valence-electron chi connectivity index (χ1n) is 8.88. The maximum Gasteiger partial charge on any atom is 0.287 e. The second-order valence-corrected chi connectivity index (χ2v) is 8.04. The number of nitrogens with one attached hydrogen (secondary N) is 1. The summed E-state index contributed by atoms with van der Waals surface area (Å²) in [6.07, 6.45) is 2.44. The molecule has 1 amide bonds. The first kappa shape index (κ1) is 17.6. The number of aryl methyl sites for hydroxylation is 1. The number of amides is 1. The number of hydrogen-bond donors (Lipinski definition) is 1. The quantitative estimate of drug-likeness (QED) is 0.667. The highest BCUT2D eigenvalue weighted by atomic mass is 35.5. The third kappa shape index (κ3) is 3.27. The van der Waals surface area contributed by atoms with Gasteiger partial charge in [-0.2, -0.15) is 0 Å². The molecule has 6 heteroatoms. The largest absolute Gasteiger partial charge is 0.449 e. The molecule has 0 radical (unpaired) electrons. The molecule has 3 aromatic rings. The van der Waals surface area contributed by atoms with Crippen molar-refractivity contribution in [1.29, 1.82) is 0 Å². The lowest BCUT2D eigenvalue weighted by molar-refractivity contribution is 0.0912. The van der Waals surface area contributed by atoms with E-state index in [2.05, 4.69) is 27.7 Å². The van der Waals surface area contributed by atoms with Crippen LogP contribution in [0.1, 0.15) is 39.9 Å². The zero-order chi connectivity index (χ0) is 18.1. The molecule has 4 rings (SSSR count). The normalized spacial score (nSPS) is 16.2. The molecular weight excluding hydrogens is 368 g/mol. The highest BCUT2D eigenvalue weighted by Crippen LogP contribution is 2.31. The fourth-order valence-electron chi connectivity index (χ4n) is 3.64. The molecule has 1 unspecified atom stereocenters. The average molecular weight is 389 g/mol. The van der Waals surface area contributed by atoms with E-state index in [9.17, 15) is 4.79 Å². The van der Waals surface area contributed by atoms with Gasteiger partial charge in [-0.15, -0.1) is 11.3 Å². The van der Waals surface area contributed by atoms with Crippen LogP contribution in [0.15, 0.2) is 40.1 Å². The summed E-state index contributed by atoms with van der Waals surface area (Å²) in [6.45, 7) is 4.63. The lowest BCUT2D eigenvalue weighted by atomic mass is 10.1. The number of hydrogen-bond acceptors (Lipinski definition) is 4. The second kappa shape index (κ2) is 7.43. The maximum atomic E-state index is 12.8. The summed E-state index contributed by atoms with van der Waals surface area (Å²) in [5, 5.41) is 6.58. The molecule has 1 N–H and O–H groups in total. The molecule has 0 aliphatic carbocycles. The topological polar surface area (TPSA) is 45.5 Å². The van der Waals surface area contributed by atoms with E-state index in [1.807, 2.05) is 19.1 Å². The van der Waals surface area contributed by atoms with Crippen LogP contribution in [0.3, 0.4) is 0 Å². The van der Waals surface area contributed by atoms with E-state index in [1.54, 1.807) is 17.4 Å².